The predicted molar refractivity (Wildman–Crippen MR) is 142 cm³/mol. The smallest absolute Gasteiger partial charge is 0.143 e. The van der Waals surface area contributed by atoms with Gasteiger partial charge in [-0.05, 0) is 53.6 Å². The van der Waals surface area contributed by atoms with Crippen molar-refractivity contribution in [2.75, 3.05) is 13.7 Å². The number of hydrogen-bond donors (Lipinski definition) is 1. The van der Waals surface area contributed by atoms with E-state index >= 15 is 0 Å². The number of aliphatic hydroxyl groups is 1. The first-order chi connectivity index (χ1) is 17.2. The minimum absolute atomic E-state index is 0.251. The number of methoxy groups -OCH3 is 1. The van der Waals surface area contributed by atoms with Crippen molar-refractivity contribution in [2.24, 2.45) is 0 Å². The fourth-order valence-corrected chi connectivity index (χ4v) is 4.57. The van der Waals surface area contributed by atoms with Crippen LogP contribution in [0.1, 0.15) is 41.5 Å². The molecule has 0 heterocycles. The first-order valence-corrected chi connectivity index (χ1v) is 12.3. The number of ether oxygens (including phenoxy) is 2. The van der Waals surface area contributed by atoms with E-state index in [2.05, 4.69) is 48.5 Å². The van der Waals surface area contributed by atoms with E-state index in [1.807, 2.05) is 66.7 Å². The summed E-state index contributed by atoms with van der Waals surface area (Å²) in [5.74, 6) is 0.875. The van der Waals surface area contributed by atoms with Gasteiger partial charge >= 0.3 is 0 Å². The lowest BCUT2D eigenvalue weighted by Crippen LogP contribution is -2.35. The second-order valence-corrected chi connectivity index (χ2v) is 8.84. The van der Waals surface area contributed by atoms with Crippen LogP contribution in [-0.4, -0.2) is 24.9 Å². The molecule has 180 valence electrons. The number of aryl methyl sites for hydroxylation is 1. The van der Waals surface area contributed by atoms with Crippen molar-refractivity contribution in [3.8, 4) is 5.75 Å². The molecule has 0 spiro atoms. The lowest BCUT2D eigenvalue weighted by molar-refractivity contribution is -0.0405. The van der Waals surface area contributed by atoms with E-state index in [9.17, 15) is 5.11 Å². The zero-order valence-electron chi connectivity index (χ0n) is 20.3. The van der Waals surface area contributed by atoms with E-state index in [0.717, 1.165) is 41.7 Å². The summed E-state index contributed by atoms with van der Waals surface area (Å²) < 4.78 is 12.0. The second-order valence-electron chi connectivity index (χ2n) is 8.84. The number of unbranched alkanes of at least 4 members (excludes halogenated alkanes) is 1. The van der Waals surface area contributed by atoms with E-state index in [1.54, 1.807) is 7.11 Å². The summed E-state index contributed by atoms with van der Waals surface area (Å²) in [7, 11) is 1.68. The Labute approximate surface area is 209 Å². The van der Waals surface area contributed by atoms with Gasteiger partial charge in [-0.3, -0.25) is 0 Å². The first kappa shape index (κ1) is 24.7. The molecule has 1 atom stereocenters. The highest BCUT2D eigenvalue weighted by atomic mass is 16.5. The van der Waals surface area contributed by atoms with E-state index in [-0.39, 0.29) is 6.61 Å². The number of hydrogen-bond acceptors (Lipinski definition) is 3. The molecule has 1 N–H and O–H groups in total. The average Bonchev–Trinajstić information content (AvgIpc) is 2.93. The molecule has 0 saturated heterocycles. The van der Waals surface area contributed by atoms with Gasteiger partial charge in [0.05, 0.1) is 19.8 Å². The zero-order chi connectivity index (χ0) is 24.3. The quantitative estimate of drug-likeness (QED) is 0.185. The Balaban J connectivity index is 1.46. The lowest BCUT2D eigenvalue weighted by atomic mass is 9.80. The molecular formula is C32H34O3. The second kappa shape index (κ2) is 12.3. The standard InChI is InChI=1S/C32H34O3/c1-34-31-23-21-26(22-24-31)13-11-12-20-30(33)25-35-32(27-14-5-2-6-15-27,28-16-7-3-8-17-28)29-18-9-4-10-19-29/h2-10,14-19,21-24,30,33H,11-13,20,25H2,1H3/t30-/m0/s1. The van der Waals surface area contributed by atoms with Crippen molar-refractivity contribution >= 4 is 0 Å². The molecule has 0 unspecified atom stereocenters. The molecule has 0 aliphatic carbocycles. The Hall–Kier alpha value is -3.40. The molecule has 4 aromatic rings. The highest BCUT2D eigenvalue weighted by Crippen LogP contribution is 2.40. The van der Waals surface area contributed by atoms with Crippen LogP contribution in [-0.2, 0) is 16.8 Å². The SMILES string of the molecule is COc1ccc(CCCC[C@H](O)COC(c2ccccc2)(c2ccccc2)c2ccccc2)cc1. The van der Waals surface area contributed by atoms with Crippen molar-refractivity contribution in [3.05, 3.63) is 138 Å². The van der Waals surface area contributed by atoms with Crippen LogP contribution in [0.3, 0.4) is 0 Å². The molecule has 0 aliphatic rings. The van der Waals surface area contributed by atoms with Crippen LogP contribution < -0.4 is 4.74 Å². The maximum atomic E-state index is 10.9. The van der Waals surface area contributed by atoms with Crippen LogP contribution in [0.15, 0.2) is 115 Å². The molecule has 0 radical (unpaired) electrons. The van der Waals surface area contributed by atoms with E-state index < -0.39 is 11.7 Å². The molecule has 0 bridgehead atoms. The summed E-state index contributed by atoms with van der Waals surface area (Å²) in [5.41, 5.74) is 3.62. The molecule has 0 aromatic heterocycles. The third kappa shape index (κ3) is 6.19. The maximum Gasteiger partial charge on any atom is 0.143 e. The topological polar surface area (TPSA) is 38.7 Å². The Bertz CT molecular complexity index is 1030. The Morgan fingerprint density at radius 3 is 1.60 bits per heavy atom. The van der Waals surface area contributed by atoms with Crippen LogP contribution in [0.4, 0.5) is 0 Å². The summed E-state index contributed by atoms with van der Waals surface area (Å²) >= 11 is 0. The fraction of sp³-hybridized carbons (Fsp3) is 0.250. The van der Waals surface area contributed by atoms with Crippen LogP contribution in [0.5, 0.6) is 5.75 Å². The van der Waals surface area contributed by atoms with Crippen molar-refractivity contribution in [1.29, 1.82) is 0 Å². The summed E-state index contributed by atoms with van der Waals surface area (Å²) in [6.07, 6.45) is 3.10. The minimum Gasteiger partial charge on any atom is -0.497 e. The predicted octanol–water partition coefficient (Wildman–Crippen LogP) is 6.78. The van der Waals surface area contributed by atoms with Gasteiger partial charge in [0, 0.05) is 0 Å². The molecule has 3 heteroatoms. The van der Waals surface area contributed by atoms with Crippen LogP contribution in [0.2, 0.25) is 0 Å². The van der Waals surface area contributed by atoms with Crippen molar-refractivity contribution in [2.45, 2.75) is 37.4 Å². The fourth-order valence-electron chi connectivity index (χ4n) is 4.57. The Kier molecular flexibility index (Phi) is 8.72. The Morgan fingerprint density at radius 2 is 1.14 bits per heavy atom. The average molecular weight is 467 g/mol. The summed E-state index contributed by atoms with van der Waals surface area (Å²) in [4.78, 5) is 0. The third-order valence-corrected chi connectivity index (χ3v) is 6.45. The van der Waals surface area contributed by atoms with Crippen LogP contribution >= 0.6 is 0 Å². The number of rotatable bonds is 12. The van der Waals surface area contributed by atoms with Gasteiger partial charge in [-0.15, -0.1) is 0 Å². The summed E-state index contributed by atoms with van der Waals surface area (Å²) in [6, 6.07) is 39.1. The number of benzene rings is 4. The molecule has 4 rings (SSSR count). The van der Waals surface area contributed by atoms with Crippen LogP contribution in [0, 0.1) is 0 Å². The molecule has 0 saturated carbocycles. The van der Waals surface area contributed by atoms with Crippen LogP contribution in [0.25, 0.3) is 0 Å². The van der Waals surface area contributed by atoms with Gasteiger partial charge in [0.1, 0.15) is 11.4 Å². The number of aliphatic hydroxyl groups excluding tert-OH is 1. The van der Waals surface area contributed by atoms with Crippen molar-refractivity contribution in [1.82, 2.24) is 0 Å². The lowest BCUT2D eigenvalue weighted by Gasteiger charge is -2.36. The Morgan fingerprint density at radius 1 is 0.657 bits per heavy atom. The van der Waals surface area contributed by atoms with Gasteiger partial charge in [-0.25, -0.2) is 0 Å². The molecular weight excluding hydrogens is 432 g/mol. The summed E-state index contributed by atoms with van der Waals surface area (Å²) in [5, 5.41) is 10.9. The third-order valence-electron chi connectivity index (χ3n) is 6.45. The van der Waals surface area contributed by atoms with Gasteiger partial charge in [0.15, 0.2) is 0 Å². The van der Waals surface area contributed by atoms with Gasteiger partial charge in [0.2, 0.25) is 0 Å². The molecule has 3 nitrogen and oxygen atoms in total. The molecule has 4 aromatic carbocycles. The molecule has 0 amide bonds. The van der Waals surface area contributed by atoms with E-state index in [1.165, 1.54) is 5.56 Å². The minimum atomic E-state index is -0.798. The largest absolute Gasteiger partial charge is 0.497 e. The van der Waals surface area contributed by atoms with Gasteiger partial charge in [0.25, 0.3) is 0 Å². The normalized spacial score (nSPS) is 12.3. The molecule has 35 heavy (non-hydrogen) atoms. The highest BCUT2D eigenvalue weighted by molar-refractivity contribution is 5.47. The zero-order valence-corrected chi connectivity index (χ0v) is 20.3. The first-order valence-electron chi connectivity index (χ1n) is 12.3. The summed E-state index contributed by atoms with van der Waals surface area (Å²) in [6.45, 7) is 0.251. The van der Waals surface area contributed by atoms with E-state index in [0.29, 0.717) is 6.42 Å². The molecule has 0 fully saturated rings. The monoisotopic (exact) mass is 466 g/mol. The van der Waals surface area contributed by atoms with Gasteiger partial charge in [-0.1, -0.05) is 110 Å². The van der Waals surface area contributed by atoms with Gasteiger partial charge < -0.3 is 14.6 Å². The van der Waals surface area contributed by atoms with Crippen molar-refractivity contribution < 1.29 is 14.6 Å². The van der Waals surface area contributed by atoms with Gasteiger partial charge in [-0.2, -0.15) is 0 Å². The maximum absolute atomic E-state index is 10.9. The molecule has 0 aliphatic heterocycles. The van der Waals surface area contributed by atoms with E-state index in [4.69, 9.17) is 9.47 Å². The highest BCUT2D eigenvalue weighted by Gasteiger charge is 2.37. The van der Waals surface area contributed by atoms with Crippen molar-refractivity contribution in [3.63, 3.8) is 0 Å².